The third kappa shape index (κ3) is 6.39. The van der Waals surface area contributed by atoms with E-state index in [4.69, 9.17) is 14.2 Å². The zero-order valence-electron chi connectivity index (χ0n) is 18.7. The first-order valence-corrected chi connectivity index (χ1v) is 11.9. The van der Waals surface area contributed by atoms with Crippen LogP contribution in [0.2, 0.25) is 0 Å². The first-order chi connectivity index (χ1) is 16.1. The Hall–Kier alpha value is -2.77. The van der Waals surface area contributed by atoms with Gasteiger partial charge in [-0.3, -0.25) is 0 Å². The summed E-state index contributed by atoms with van der Waals surface area (Å²) < 4.78 is 31.3. The Balaban J connectivity index is 1.40. The summed E-state index contributed by atoms with van der Waals surface area (Å²) in [5.41, 5.74) is 4.21. The maximum Gasteiger partial charge on any atom is 0.162 e. The Morgan fingerprint density at radius 3 is 2.36 bits per heavy atom. The lowest BCUT2D eigenvalue weighted by Gasteiger charge is -2.29. The van der Waals surface area contributed by atoms with Crippen LogP contribution >= 0.6 is 15.9 Å². The van der Waals surface area contributed by atoms with Crippen molar-refractivity contribution in [1.82, 2.24) is 0 Å². The van der Waals surface area contributed by atoms with Gasteiger partial charge in [-0.05, 0) is 66.6 Å². The molecular formula is C26H28BrFN2O3. The van der Waals surface area contributed by atoms with Gasteiger partial charge in [0.15, 0.2) is 11.5 Å². The molecule has 1 N–H and O–H groups in total. The van der Waals surface area contributed by atoms with E-state index in [1.54, 1.807) is 12.1 Å². The van der Waals surface area contributed by atoms with Crippen molar-refractivity contribution in [3.63, 3.8) is 0 Å². The molecule has 1 aliphatic rings. The summed E-state index contributed by atoms with van der Waals surface area (Å²) in [7, 11) is 0. The molecule has 0 unspecified atom stereocenters. The molecule has 174 valence electrons. The molecule has 0 saturated carbocycles. The third-order valence-electron chi connectivity index (χ3n) is 5.45. The van der Waals surface area contributed by atoms with Gasteiger partial charge < -0.3 is 24.4 Å². The molecule has 0 radical (unpaired) electrons. The van der Waals surface area contributed by atoms with E-state index in [9.17, 15) is 4.39 Å². The summed E-state index contributed by atoms with van der Waals surface area (Å²) in [6, 6.07) is 18.7. The van der Waals surface area contributed by atoms with Crippen LogP contribution in [0.5, 0.6) is 11.5 Å². The number of morpholine rings is 1. The minimum absolute atomic E-state index is 0.260. The first-order valence-electron chi connectivity index (χ1n) is 11.1. The Morgan fingerprint density at radius 2 is 1.67 bits per heavy atom. The molecule has 1 heterocycles. The van der Waals surface area contributed by atoms with Crippen molar-refractivity contribution < 1.29 is 18.6 Å². The van der Waals surface area contributed by atoms with Crippen molar-refractivity contribution in [2.45, 2.75) is 20.1 Å². The molecule has 0 aliphatic carbocycles. The summed E-state index contributed by atoms with van der Waals surface area (Å²) in [5.74, 6) is 1.07. The van der Waals surface area contributed by atoms with Crippen molar-refractivity contribution in [2.75, 3.05) is 43.1 Å². The number of nitrogens with one attached hydrogen (secondary N) is 1. The van der Waals surface area contributed by atoms with E-state index in [-0.39, 0.29) is 5.82 Å². The smallest absolute Gasteiger partial charge is 0.162 e. The zero-order chi connectivity index (χ0) is 23.0. The van der Waals surface area contributed by atoms with Gasteiger partial charge in [0.05, 0.1) is 19.8 Å². The third-order valence-corrected chi connectivity index (χ3v) is 6.18. The molecule has 0 amide bonds. The van der Waals surface area contributed by atoms with Crippen molar-refractivity contribution in [2.24, 2.45) is 0 Å². The monoisotopic (exact) mass is 514 g/mol. The maximum absolute atomic E-state index is 13.1. The molecule has 0 bridgehead atoms. The van der Waals surface area contributed by atoms with Gasteiger partial charge in [0.1, 0.15) is 12.4 Å². The van der Waals surface area contributed by atoms with Gasteiger partial charge in [-0.1, -0.05) is 28.1 Å². The number of rotatable bonds is 9. The average molecular weight is 515 g/mol. The topological polar surface area (TPSA) is 43.0 Å². The molecule has 3 aromatic rings. The highest BCUT2D eigenvalue weighted by Gasteiger charge is 2.13. The van der Waals surface area contributed by atoms with Crippen molar-refractivity contribution >= 4 is 27.3 Å². The van der Waals surface area contributed by atoms with Crippen LogP contribution in [-0.2, 0) is 17.9 Å². The molecule has 3 aromatic carbocycles. The van der Waals surface area contributed by atoms with Gasteiger partial charge in [-0.15, -0.1) is 0 Å². The number of anilines is 2. The van der Waals surface area contributed by atoms with Gasteiger partial charge in [0.2, 0.25) is 0 Å². The molecule has 5 nitrogen and oxygen atoms in total. The molecule has 1 saturated heterocycles. The van der Waals surface area contributed by atoms with Gasteiger partial charge in [0, 0.05) is 35.5 Å². The van der Waals surface area contributed by atoms with E-state index < -0.39 is 0 Å². The van der Waals surface area contributed by atoms with E-state index >= 15 is 0 Å². The van der Waals surface area contributed by atoms with E-state index in [0.29, 0.717) is 31.3 Å². The molecule has 0 atom stereocenters. The van der Waals surface area contributed by atoms with Crippen LogP contribution in [0, 0.1) is 5.82 Å². The van der Waals surface area contributed by atoms with Crippen LogP contribution in [0.4, 0.5) is 15.8 Å². The second-order valence-corrected chi connectivity index (χ2v) is 8.59. The second kappa shape index (κ2) is 11.4. The number of hydrogen-bond donors (Lipinski definition) is 1. The molecule has 0 spiro atoms. The van der Waals surface area contributed by atoms with Crippen LogP contribution in [0.25, 0.3) is 0 Å². The van der Waals surface area contributed by atoms with Gasteiger partial charge in [-0.2, -0.15) is 0 Å². The average Bonchev–Trinajstić information content (AvgIpc) is 2.85. The van der Waals surface area contributed by atoms with Crippen LogP contribution in [0.3, 0.4) is 0 Å². The maximum atomic E-state index is 13.1. The molecular weight excluding hydrogens is 487 g/mol. The van der Waals surface area contributed by atoms with E-state index in [0.717, 1.165) is 47.6 Å². The van der Waals surface area contributed by atoms with Gasteiger partial charge in [-0.25, -0.2) is 4.39 Å². The highest BCUT2D eigenvalue weighted by molar-refractivity contribution is 9.10. The Bertz CT molecular complexity index is 1040. The van der Waals surface area contributed by atoms with E-state index in [2.05, 4.69) is 50.4 Å². The van der Waals surface area contributed by atoms with Gasteiger partial charge in [0.25, 0.3) is 0 Å². The summed E-state index contributed by atoms with van der Waals surface area (Å²) in [4.78, 5) is 2.34. The molecule has 0 aromatic heterocycles. The van der Waals surface area contributed by atoms with Crippen molar-refractivity contribution in [3.8, 4) is 11.5 Å². The SMILES string of the molecule is CCOc1cc(CNc2ccc(N3CCOCC3)cc2)c(Br)cc1OCc1ccc(F)cc1. The molecule has 1 fully saturated rings. The van der Waals surface area contributed by atoms with Crippen LogP contribution in [-0.4, -0.2) is 32.9 Å². The summed E-state index contributed by atoms with van der Waals surface area (Å²) in [6.45, 7) is 6.85. The first kappa shape index (κ1) is 23.4. The quantitative estimate of drug-likeness (QED) is 0.378. The van der Waals surface area contributed by atoms with Crippen molar-refractivity contribution in [3.05, 3.63) is 82.1 Å². The number of nitrogens with zero attached hydrogens (tertiary/aromatic N) is 1. The fourth-order valence-electron chi connectivity index (χ4n) is 3.64. The number of ether oxygens (including phenoxy) is 3. The number of benzene rings is 3. The number of halogens is 2. The highest BCUT2D eigenvalue weighted by atomic mass is 79.9. The van der Waals surface area contributed by atoms with Crippen molar-refractivity contribution in [1.29, 1.82) is 0 Å². The minimum Gasteiger partial charge on any atom is -0.490 e. The summed E-state index contributed by atoms with van der Waals surface area (Å²) >= 11 is 3.66. The summed E-state index contributed by atoms with van der Waals surface area (Å²) in [6.07, 6.45) is 0. The van der Waals surface area contributed by atoms with Crippen LogP contribution in [0.1, 0.15) is 18.1 Å². The van der Waals surface area contributed by atoms with E-state index in [1.807, 2.05) is 19.1 Å². The van der Waals surface area contributed by atoms with Gasteiger partial charge >= 0.3 is 0 Å². The Morgan fingerprint density at radius 1 is 0.970 bits per heavy atom. The fourth-order valence-corrected chi connectivity index (χ4v) is 4.11. The largest absolute Gasteiger partial charge is 0.490 e. The lowest BCUT2D eigenvalue weighted by atomic mass is 10.2. The predicted molar refractivity (Wildman–Crippen MR) is 133 cm³/mol. The molecule has 33 heavy (non-hydrogen) atoms. The lowest BCUT2D eigenvalue weighted by molar-refractivity contribution is 0.122. The molecule has 1 aliphatic heterocycles. The standard InChI is InChI=1S/C26H28BrFN2O3/c1-2-32-25-15-20(24(27)16-26(25)33-18-19-3-5-21(28)6-4-19)17-29-22-7-9-23(10-8-22)30-11-13-31-14-12-30/h3-10,15-16,29H,2,11-14,17-18H2,1H3. The molecule has 4 rings (SSSR count). The van der Waals surface area contributed by atoms with Crippen LogP contribution in [0.15, 0.2) is 65.1 Å². The normalized spacial score (nSPS) is 13.6. The van der Waals surface area contributed by atoms with E-state index in [1.165, 1.54) is 17.8 Å². The predicted octanol–water partition coefficient (Wildman–Crippen LogP) is 6.01. The minimum atomic E-state index is -0.260. The zero-order valence-corrected chi connectivity index (χ0v) is 20.2. The fraction of sp³-hybridized carbons (Fsp3) is 0.308. The number of hydrogen-bond acceptors (Lipinski definition) is 5. The summed E-state index contributed by atoms with van der Waals surface area (Å²) in [5, 5.41) is 3.48. The Labute approximate surface area is 202 Å². The lowest BCUT2D eigenvalue weighted by Crippen LogP contribution is -2.36. The van der Waals surface area contributed by atoms with Crippen LogP contribution < -0.4 is 19.7 Å². The molecule has 7 heteroatoms. The Kier molecular flexibility index (Phi) is 8.07. The second-order valence-electron chi connectivity index (χ2n) is 7.74. The highest BCUT2D eigenvalue weighted by Crippen LogP contribution is 2.35.